The summed E-state index contributed by atoms with van der Waals surface area (Å²) in [5, 5.41) is 1.62. The third kappa shape index (κ3) is 4.09. The second-order valence-corrected chi connectivity index (χ2v) is 11.1. The van der Waals surface area contributed by atoms with Gasteiger partial charge in [-0.15, -0.1) is 11.3 Å². The quantitative estimate of drug-likeness (QED) is 0.522. The maximum atomic E-state index is 12.5. The summed E-state index contributed by atoms with van der Waals surface area (Å²) in [6.45, 7) is 2.66. The van der Waals surface area contributed by atoms with Crippen LogP contribution in [0.5, 0.6) is 5.88 Å². The molecule has 1 saturated heterocycles. The van der Waals surface area contributed by atoms with Gasteiger partial charge in [-0.2, -0.15) is 0 Å². The summed E-state index contributed by atoms with van der Waals surface area (Å²) in [5.74, 6) is 0.833. The number of halogens is 1. The third-order valence-electron chi connectivity index (χ3n) is 5.19. The highest BCUT2D eigenvalue weighted by molar-refractivity contribution is 9.10. The molecule has 3 aromatic heterocycles. The Balaban J connectivity index is 1.62. The maximum absolute atomic E-state index is 12.5. The van der Waals surface area contributed by atoms with Crippen molar-refractivity contribution in [3.63, 3.8) is 0 Å². The number of fused-ring (bicyclic) bond motifs is 1. The van der Waals surface area contributed by atoms with E-state index in [1.165, 1.54) is 18.4 Å². The average molecular weight is 526 g/mol. The fraction of sp³-hybridized carbons (Fsp3) is 0.421. The van der Waals surface area contributed by atoms with Gasteiger partial charge < -0.3 is 14.4 Å². The van der Waals surface area contributed by atoms with Gasteiger partial charge in [0.1, 0.15) is 11.2 Å². The number of hydrogen-bond acceptors (Lipinski definition) is 9. The van der Waals surface area contributed by atoms with Gasteiger partial charge in [0, 0.05) is 30.2 Å². The highest BCUT2D eigenvalue weighted by atomic mass is 79.9. The molecule has 1 N–H and O–H groups in total. The normalized spacial score (nSPS) is 17.2. The number of rotatable bonds is 6. The molecule has 164 valence electrons. The van der Waals surface area contributed by atoms with Gasteiger partial charge in [0.25, 0.3) is 0 Å². The Morgan fingerprint density at radius 3 is 2.77 bits per heavy atom. The van der Waals surface area contributed by atoms with E-state index in [-0.39, 0.29) is 11.1 Å². The number of aromatic nitrogens is 3. The van der Waals surface area contributed by atoms with Crippen LogP contribution in [0.4, 0.5) is 11.6 Å². The monoisotopic (exact) mass is 525 g/mol. The predicted molar refractivity (Wildman–Crippen MR) is 123 cm³/mol. The van der Waals surface area contributed by atoms with E-state index in [9.17, 15) is 8.42 Å². The Morgan fingerprint density at radius 1 is 1.29 bits per heavy atom. The third-order valence-corrected chi connectivity index (χ3v) is 8.92. The van der Waals surface area contributed by atoms with E-state index < -0.39 is 10.0 Å². The van der Waals surface area contributed by atoms with E-state index in [2.05, 4.69) is 30.5 Å². The Bertz CT molecular complexity index is 1240. The van der Waals surface area contributed by atoms with Crippen molar-refractivity contribution >= 4 is 59.1 Å². The molecular formula is C19H20BrN5O4S2. The van der Waals surface area contributed by atoms with Gasteiger partial charge in [0.2, 0.25) is 21.9 Å². The van der Waals surface area contributed by atoms with Crippen molar-refractivity contribution in [3.05, 3.63) is 22.1 Å². The van der Waals surface area contributed by atoms with Crippen LogP contribution in [0.1, 0.15) is 12.8 Å². The van der Waals surface area contributed by atoms with E-state index in [1.807, 2.05) is 5.38 Å². The van der Waals surface area contributed by atoms with Crippen molar-refractivity contribution in [3.8, 4) is 17.1 Å². The number of thiophene rings is 1. The summed E-state index contributed by atoms with van der Waals surface area (Å²) in [5.41, 5.74) is 2.50. The number of morpholine rings is 1. The number of pyridine rings is 1. The van der Waals surface area contributed by atoms with E-state index in [1.54, 1.807) is 12.3 Å². The van der Waals surface area contributed by atoms with Gasteiger partial charge in [0.15, 0.2) is 0 Å². The molecule has 2 fully saturated rings. The van der Waals surface area contributed by atoms with Gasteiger partial charge in [-0.1, -0.05) is 0 Å². The molecule has 2 aliphatic rings. The fourth-order valence-corrected chi connectivity index (χ4v) is 6.36. The van der Waals surface area contributed by atoms with E-state index in [0.29, 0.717) is 62.0 Å². The SMILES string of the molecule is COc1ncc(-c2nc(N3CCOCC3)nc3c(Br)csc23)cc1NS(=O)(=O)C1CC1. The van der Waals surface area contributed by atoms with Gasteiger partial charge >= 0.3 is 0 Å². The zero-order valence-corrected chi connectivity index (χ0v) is 19.9. The molecule has 4 heterocycles. The van der Waals surface area contributed by atoms with Crippen molar-refractivity contribution in [2.24, 2.45) is 0 Å². The lowest BCUT2D eigenvalue weighted by Gasteiger charge is -2.27. The second-order valence-electron chi connectivity index (χ2n) is 7.36. The lowest BCUT2D eigenvalue weighted by molar-refractivity contribution is 0.122. The smallest absolute Gasteiger partial charge is 0.238 e. The number of nitrogens with zero attached hydrogens (tertiary/aromatic N) is 4. The highest BCUT2D eigenvalue weighted by Crippen LogP contribution is 2.39. The molecule has 1 saturated carbocycles. The van der Waals surface area contributed by atoms with Crippen LogP contribution >= 0.6 is 27.3 Å². The van der Waals surface area contributed by atoms with Crippen LogP contribution in [0, 0.1) is 0 Å². The number of anilines is 2. The number of ether oxygens (including phenoxy) is 2. The van der Waals surface area contributed by atoms with Gasteiger partial charge in [-0.3, -0.25) is 4.72 Å². The summed E-state index contributed by atoms with van der Waals surface area (Å²) in [7, 11) is -2.00. The van der Waals surface area contributed by atoms with Crippen LogP contribution in [-0.2, 0) is 14.8 Å². The minimum atomic E-state index is -3.47. The Hall–Kier alpha value is -2.02. The van der Waals surface area contributed by atoms with Crippen molar-refractivity contribution in [1.82, 2.24) is 15.0 Å². The summed E-state index contributed by atoms with van der Waals surface area (Å²) in [6.07, 6.45) is 2.99. The molecule has 1 aliphatic carbocycles. The molecule has 1 aliphatic heterocycles. The van der Waals surface area contributed by atoms with E-state index >= 15 is 0 Å². The van der Waals surface area contributed by atoms with Gasteiger partial charge in [0.05, 0.1) is 40.4 Å². The molecule has 0 amide bonds. The topological polar surface area (TPSA) is 107 Å². The molecule has 0 radical (unpaired) electrons. The van der Waals surface area contributed by atoms with Gasteiger partial charge in [-0.05, 0) is 34.8 Å². The van der Waals surface area contributed by atoms with Crippen LogP contribution in [0.25, 0.3) is 21.5 Å². The minimum absolute atomic E-state index is 0.221. The van der Waals surface area contributed by atoms with Crippen molar-refractivity contribution < 1.29 is 17.9 Å². The molecule has 0 aromatic carbocycles. The lowest BCUT2D eigenvalue weighted by Crippen LogP contribution is -2.37. The first-order valence-corrected chi connectivity index (χ1v) is 13.0. The number of methoxy groups -OCH3 is 1. The zero-order chi connectivity index (χ0) is 21.6. The largest absolute Gasteiger partial charge is 0.480 e. The van der Waals surface area contributed by atoms with Crippen LogP contribution < -0.4 is 14.4 Å². The van der Waals surface area contributed by atoms with Crippen LogP contribution in [-0.4, -0.2) is 62.0 Å². The molecular weight excluding hydrogens is 506 g/mol. The number of hydrogen-bond donors (Lipinski definition) is 1. The molecule has 0 unspecified atom stereocenters. The maximum Gasteiger partial charge on any atom is 0.238 e. The van der Waals surface area contributed by atoms with Crippen LogP contribution in [0.3, 0.4) is 0 Å². The molecule has 0 atom stereocenters. The van der Waals surface area contributed by atoms with Crippen molar-refractivity contribution in [1.29, 1.82) is 0 Å². The molecule has 31 heavy (non-hydrogen) atoms. The highest BCUT2D eigenvalue weighted by Gasteiger charge is 2.36. The van der Waals surface area contributed by atoms with Crippen molar-refractivity contribution in [2.45, 2.75) is 18.1 Å². The number of sulfonamides is 1. The van der Waals surface area contributed by atoms with Gasteiger partial charge in [-0.25, -0.2) is 23.4 Å². The van der Waals surface area contributed by atoms with E-state index in [0.717, 1.165) is 14.7 Å². The Labute approximate surface area is 192 Å². The average Bonchev–Trinajstić information content (AvgIpc) is 3.58. The predicted octanol–water partition coefficient (Wildman–Crippen LogP) is 3.27. The molecule has 0 bridgehead atoms. The van der Waals surface area contributed by atoms with Crippen LogP contribution in [0.2, 0.25) is 0 Å². The minimum Gasteiger partial charge on any atom is -0.480 e. The molecule has 12 heteroatoms. The van der Waals surface area contributed by atoms with Crippen molar-refractivity contribution in [2.75, 3.05) is 43.0 Å². The summed E-state index contributed by atoms with van der Waals surface area (Å²) < 4.78 is 40.2. The molecule has 5 rings (SSSR count). The first kappa shape index (κ1) is 20.9. The summed E-state index contributed by atoms with van der Waals surface area (Å²) >= 11 is 5.10. The first-order chi connectivity index (χ1) is 15.0. The van der Waals surface area contributed by atoms with Crippen LogP contribution in [0.15, 0.2) is 22.1 Å². The van der Waals surface area contributed by atoms with E-state index in [4.69, 9.17) is 19.4 Å². The second kappa shape index (κ2) is 8.15. The summed E-state index contributed by atoms with van der Waals surface area (Å²) in [6, 6.07) is 1.73. The summed E-state index contributed by atoms with van der Waals surface area (Å²) in [4.78, 5) is 16.0. The zero-order valence-electron chi connectivity index (χ0n) is 16.7. The Morgan fingerprint density at radius 2 is 2.06 bits per heavy atom. The Kier molecular flexibility index (Phi) is 5.49. The molecule has 0 spiro atoms. The first-order valence-electron chi connectivity index (χ1n) is 9.80. The fourth-order valence-electron chi connectivity index (χ4n) is 3.41. The standard InChI is InChI=1S/C19H20BrN5O4S2/c1-28-18-14(24-31(26,27)12-2-3-12)8-11(9-21-18)15-17-16(13(20)10-30-17)23-19(22-15)25-4-6-29-7-5-25/h8-10,12,24H,2-7H2,1H3. The molecule has 9 nitrogen and oxygen atoms in total. The number of nitrogens with one attached hydrogen (secondary N) is 1. The lowest BCUT2D eigenvalue weighted by atomic mass is 10.2. The molecule has 3 aromatic rings.